The van der Waals surface area contributed by atoms with Gasteiger partial charge in [-0.3, -0.25) is 4.98 Å². The van der Waals surface area contributed by atoms with Crippen LogP contribution in [0.1, 0.15) is 30.2 Å². The van der Waals surface area contributed by atoms with Crippen LogP contribution in [0.4, 0.5) is 13.2 Å². The Hall–Kier alpha value is -3.26. The number of alkyl halides is 3. The number of aryl methyl sites for hydroxylation is 1. The molecule has 8 heteroatoms. The maximum Gasteiger partial charge on any atom is 0.423 e. The fraction of sp³-hybridized carbons (Fsp3) is 0.261. The van der Waals surface area contributed by atoms with Gasteiger partial charge in [0.1, 0.15) is 5.69 Å². The molecule has 1 N–H and O–H groups in total. The van der Waals surface area contributed by atoms with Crippen molar-refractivity contribution in [1.82, 2.24) is 20.0 Å². The van der Waals surface area contributed by atoms with E-state index in [0.717, 1.165) is 39.4 Å². The fourth-order valence-corrected chi connectivity index (χ4v) is 3.64. The first kappa shape index (κ1) is 21.0. The molecule has 0 bridgehead atoms. The fourth-order valence-electron chi connectivity index (χ4n) is 3.64. The lowest BCUT2D eigenvalue weighted by atomic mass is 9.96. The van der Waals surface area contributed by atoms with Crippen LogP contribution >= 0.6 is 0 Å². The smallest absolute Gasteiger partial charge is 0.375 e. The monoisotopic (exact) mass is 426 g/mol. The van der Waals surface area contributed by atoms with Crippen molar-refractivity contribution >= 4 is 10.9 Å². The minimum absolute atomic E-state index is 0.205. The summed E-state index contributed by atoms with van der Waals surface area (Å²) in [7, 11) is 0. The van der Waals surface area contributed by atoms with Gasteiger partial charge in [0.15, 0.2) is 0 Å². The van der Waals surface area contributed by atoms with Crippen LogP contribution in [-0.2, 0) is 12.1 Å². The second-order valence-electron chi connectivity index (χ2n) is 7.59. The molecule has 0 amide bonds. The predicted octanol–water partition coefficient (Wildman–Crippen LogP) is 5.01. The van der Waals surface area contributed by atoms with Crippen molar-refractivity contribution in [2.24, 2.45) is 0 Å². The van der Waals surface area contributed by atoms with E-state index in [9.17, 15) is 18.3 Å². The van der Waals surface area contributed by atoms with Gasteiger partial charge in [-0.1, -0.05) is 54.1 Å². The van der Waals surface area contributed by atoms with Gasteiger partial charge >= 0.3 is 6.18 Å². The summed E-state index contributed by atoms with van der Waals surface area (Å²) in [4.78, 5) is 4.45. The van der Waals surface area contributed by atoms with Gasteiger partial charge in [0, 0.05) is 11.6 Å². The number of halogens is 3. The summed E-state index contributed by atoms with van der Waals surface area (Å²) >= 11 is 0. The molecular weight excluding hydrogens is 405 g/mol. The SMILES string of the molecule is CCC(O)(c1cn(Cc2ccc3c(-c4cccc(C)c4)ccnc3c2)nn1)C(F)(F)F. The van der Waals surface area contributed by atoms with Gasteiger partial charge in [0.25, 0.3) is 0 Å². The Morgan fingerprint density at radius 3 is 2.58 bits per heavy atom. The van der Waals surface area contributed by atoms with E-state index in [4.69, 9.17) is 0 Å². The van der Waals surface area contributed by atoms with Crippen molar-refractivity contribution in [3.63, 3.8) is 0 Å². The van der Waals surface area contributed by atoms with E-state index in [-0.39, 0.29) is 6.54 Å². The highest BCUT2D eigenvalue weighted by Crippen LogP contribution is 2.40. The minimum atomic E-state index is -4.83. The third-order valence-electron chi connectivity index (χ3n) is 5.42. The summed E-state index contributed by atoms with van der Waals surface area (Å²) in [6.45, 7) is 3.50. The van der Waals surface area contributed by atoms with E-state index in [2.05, 4.69) is 21.4 Å². The first-order valence-electron chi connectivity index (χ1n) is 9.85. The molecule has 0 aliphatic carbocycles. The van der Waals surface area contributed by atoms with Crippen LogP contribution < -0.4 is 0 Å². The zero-order valence-corrected chi connectivity index (χ0v) is 17.1. The second-order valence-corrected chi connectivity index (χ2v) is 7.59. The van der Waals surface area contributed by atoms with E-state index >= 15 is 0 Å². The molecule has 0 fully saturated rings. The van der Waals surface area contributed by atoms with Crippen LogP contribution in [0.2, 0.25) is 0 Å². The van der Waals surface area contributed by atoms with Crippen LogP contribution in [0.5, 0.6) is 0 Å². The Labute approximate surface area is 177 Å². The molecule has 0 saturated carbocycles. The van der Waals surface area contributed by atoms with Crippen molar-refractivity contribution < 1.29 is 18.3 Å². The standard InChI is InChI=1S/C23H21F3N4O/c1-3-22(31,23(24,25)26)21-14-30(29-28-21)13-16-7-8-19-18(9-10-27-20(19)12-16)17-6-4-5-15(2)11-17/h4-12,14,31H,3,13H2,1-2H3. The number of aromatic nitrogens is 4. The number of benzene rings is 2. The van der Waals surface area contributed by atoms with Gasteiger partial charge in [0.05, 0.1) is 18.3 Å². The van der Waals surface area contributed by atoms with Crippen molar-refractivity contribution in [1.29, 1.82) is 0 Å². The Balaban J connectivity index is 1.65. The molecule has 0 aliphatic rings. The van der Waals surface area contributed by atoms with E-state index in [1.54, 1.807) is 6.20 Å². The summed E-state index contributed by atoms with van der Waals surface area (Å²) in [5.41, 5.74) is 1.37. The normalized spacial score (nSPS) is 14.0. The number of fused-ring (bicyclic) bond motifs is 1. The number of nitrogens with zero attached hydrogens (tertiary/aromatic N) is 4. The molecule has 4 rings (SSSR count). The Bertz CT molecular complexity index is 1230. The maximum absolute atomic E-state index is 13.3. The van der Waals surface area contributed by atoms with Gasteiger partial charge in [-0.25, -0.2) is 4.68 Å². The van der Waals surface area contributed by atoms with E-state index in [1.165, 1.54) is 11.6 Å². The number of aliphatic hydroxyl groups is 1. The van der Waals surface area contributed by atoms with Gasteiger partial charge in [-0.2, -0.15) is 13.2 Å². The third kappa shape index (κ3) is 3.90. The Kier molecular flexibility index (Phi) is 5.26. The molecule has 0 saturated heterocycles. The molecule has 2 aromatic heterocycles. The van der Waals surface area contributed by atoms with Gasteiger partial charge < -0.3 is 5.11 Å². The summed E-state index contributed by atoms with van der Waals surface area (Å²) < 4.78 is 41.1. The highest BCUT2D eigenvalue weighted by atomic mass is 19.4. The van der Waals surface area contributed by atoms with Crippen LogP contribution in [0.25, 0.3) is 22.0 Å². The average Bonchev–Trinajstić information content (AvgIpc) is 3.20. The molecule has 160 valence electrons. The first-order valence-corrected chi connectivity index (χ1v) is 9.85. The van der Waals surface area contributed by atoms with Gasteiger partial charge in [-0.05, 0) is 42.2 Å². The van der Waals surface area contributed by atoms with E-state index in [0.29, 0.717) is 0 Å². The molecule has 1 atom stereocenters. The number of hydrogen-bond donors (Lipinski definition) is 1. The molecule has 0 radical (unpaired) electrons. The molecule has 1 unspecified atom stereocenters. The summed E-state index contributed by atoms with van der Waals surface area (Å²) in [6.07, 6.45) is -2.50. The van der Waals surface area contributed by atoms with Crippen LogP contribution in [0.3, 0.4) is 0 Å². The van der Waals surface area contributed by atoms with Crippen molar-refractivity contribution in [2.45, 2.75) is 38.6 Å². The Morgan fingerprint density at radius 2 is 1.87 bits per heavy atom. The van der Waals surface area contributed by atoms with Crippen LogP contribution in [-0.4, -0.2) is 31.3 Å². The zero-order chi connectivity index (χ0) is 22.2. The summed E-state index contributed by atoms with van der Waals surface area (Å²) in [6, 6.07) is 15.9. The highest BCUT2D eigenvalue weighted by molar-refractivity contribution is 5.94. The van der Waals surface area contributed by atoms with E-state index < -0.39 is 23.9 Å². The average molecular weight is 426 g/mol. The largest absolute Gasteiger partial charge is 0.423 e. The molecule has 4 aromatic rings. The molecule has 0 aliphatic heterocycles. The van der Waals surface area contributed by atoms with Crippen molar-refractivity contribution in [3.8, 4) is 11.1 Å². The lowest BCUT2D eigenvalue weighted by Crippen LogP contribution is -2.42. The van der Waals surface area contributed by atoms with Gasteiger partial charge in [-0.15, -0.1) is 5.10 Å². The lowest BCUT2D eigenvalue weighted by molar-refractivity contribution is -0.269. The minimum Gasteiger partial charge on any atom is -0.375 e. The lowest BCUT2D eigenvalue weighted by Gasteiger charge is -2.26. The molecule has 2 heterocycles. The molecule has 0 spiro atoms. The first-order chi connectivity index (χ1) is 14.7. The van der Waals surface area contributed by atoms with E-state index in [1.807, 2.05) is 49.4 Å². The molecule has 2 aromatic carbocycles. The number of hydrogen-bond acceptors (Lipinski definition) is 4. The highest BCUT2D eigenvalue weighted by Gasteiger charge is 2.55. The molecule has 5 nitrogen and oxygen atoms in total. The number of pyridine rings is 1. The van der Waals surface area contributed by atoms with Gasteiger partial charge in [0.2, 0.25) is 5.60 Å². The van der Waals surface area contributed by atoms with Crippen molar-refractivity contribution in [3.05, 3.63) is 77.7 Å². The topological polar surface area (TPSA) is 63.8 Å². The number of rotatable bonds is 5. The van der Waals surface area contributed by atoms with Crippen LogP contribution in [0, 0.1) is 6.92 Å². The third-order valence-corrected chi connectivity index (χ3v) is 5.42. The molecule has 31 heavy (non-hydrogen) atoms. The molecular formula is C23H21F3N4O. The van der Waals surface area contributed by atoms with Crippen molar-refractivity contribution in [2.75, 3.05) is 0 Å². The zero-order valence-electron chi connectivity index (χ0n) is 17.1. The summed E-state index contributed by atoms with van der Waals surface area (Å²) in [5.74, 6) is 0. The second kappa shape index (κ2) is 7.77. The maximum atomic E-state index is 13.3. The van der Waals surface area contributed by atoms with Crippen LogP contribution in [0.15, 0.2) is 60.9 Å². The Morgan fingerprint density at radius 1 is 1.06 bits per heavy atom. The predicted molar refractivity (Wildman–Crippen MR) is 111 cm³/mol. The quantitative estimate of drug-likeness (QED) is 0.487. The summed E-state index contributed by atoms with van der Waals surface area (Å²) in [5, 5.41) is 18.4.